The molecule has 9 nitrogen and oxygen atoms in total. The van der Waals surface area contributed by atoms with Crippen LogP contribution in [-0.4, -0.2) is 49.8 Å². The number of nitro groups is 1. The summed E-state index contributed by atoms with van der Waals surface area (Å²) in [4.78, 5) is 34.1. The van der Waals surface area contributed by atoms with Crippen molar-refractivity contribution < 1.29 is 33.5 Å². The summed E-state index contributed by atoms with van der Waals surface area (Å²) in [5.74, 6) is -3.28. The lowest BCUT2D eigenvalue weighted by atomic mass is 10.0. The van der Waals surface area contributed by atoms with Crippen LogP contribution < -0.4 is 0 Å². The topological polar surface area (TPSA) is 114 Å². The highest BCUT2D eigenvalue weighted by atomic mass is 16.8. The molecule has 0 amide bonds. The van der Waals surface area contributed by atoms with E-state index >= 15 is 0 Å². The van der Waals surface area contributed by atoms with E-state index in [1.165, 1.54) is 0 Å². The molecule has 0 radical (unpaired) electrons. The molecule has 1 aromatic rings. The Bertz CT molecular complexity index is 593. The van der Waals surface area contributed by atoms with Crippen LogP contribution in [0.15, 0.2) is 30.3 Å². The number of ether oxygens (including phenoxy) is 4. The van der Waals surface area contributed by atoms with Crippen molar-refractivity contribution in [1.29, 1.82) is 0 Å². The lowest BCUT2D eigenvalue weighted by Crippen LogP contribution is -2.38. The van der Waals surface area contributed by atoms with Gasteiger partial charge in [-0.05, 0) is 0 Å². The molecule has 9 heteroatoms. The van der Waals surface area contributed by atoms with Crippen LogP contribution >= 0.6 is 0 Å². The maximum absolute atomic E-state index is 11.9. The van der Waals surface area contributed by atoms with Crippen molar-refractivity contribution in [2.75, 3.05) is 20.8 Å². The van der Waals surface area contributed by atoms with Gasteiger partial charge in [-0.1, -0.05) is 30.3 Å². The van der Waals surface area contributed by atoms with Gasteiger partial charge in [0.15, 0.2) is 12.2 Å². The molecule has 0 saturated carbocycles. The maximum Gasteiger partial charge on any atom is 0.338 e. The summed E-state index contributed by atoms with van der Waals surface area (Å²) in [6.45, 7) is -0.476. The molecule has 1 heterocycles. The molecule has 0 bridgehead atoms. The summed E-state index contributed by atoms with van der Waals surface area (Å²) < 4.78 is 20.6. The highest BCUT2D eigenvalue weighted by Gasteiger charge is 2.56. The van der Waals surface area contributed by atoms with Gasteiger partial charge in [-0.2, -0.15) is 0 Å². The van der Waals surface area contributed by atoms with E-state index in [2.05, 4.69) is 9.47 Å². The predicted molar refractivity (Wildman–Crippen MR) is 78.4 cm³/mol. The van der Waals surface area contributed by atoms with Crippen molar-refractivity contribution in [1.82, 2.24) is 0 Å². The van der Waals surface area contributed by atoms with E-state index in [4.69, 9.17) is 9.47 Å². The maximum atomic E-state index is 11.9. The Hall–Kier alpha value is -2.52. The summed E-state index contributed by atoms with van der Waals surface area (Å²) in [6.07, 6.45) is -2.95. The van der Waals surface area contributed by atoms with Crippen molar-refractivity contribution in [3.8, 4) is 0 Å². The van der Waals surface area contributed by atoms with Crippen molar-refractivity contribution in [3.63, 3.8) is 0 Å². The molecule has 0 spiro atoms. The molecule has 0 aromatic heterocycles. The van der Waals surface area contributed by atoms with Crippen molar-refractivity contribution in [2.45, 2.75) is 24.4 Å². The Labute approximate surface area is 137 Å². The molecule has 1 fully saturated rings. The number of benzene rings is 1. The van der Waals surface area contributed by atoms with E-state index in [0.29, 0.717) is 5.56 Å². The quantitative estimate of drug-likeness (QED) is 0.421. The first-order valence-corrected chi connectivity index (χ1v) is 7.12. The van der Waals surface area contributed by atoms with E-state index in [1.54, 1.807) is 30.3 Å². The zero-order valence-electron chi connectivity index (χ0n) is 13.2. The van der Waals surface area contributed by atoms with Gasteiger partial charge in [-0.25, -0.2) is 9.59 Å². The van der Waals surface area contributed by atoms with Gasteiger partial charge in [-0.3, -0.25) is 10.1 Å². The molecule has 0 unspecified atom stereocenters. The number of hydrogen-bond acceptors (Lipinski definition) is 8. The van der Waals surface area contributed by atoms with Crippen molar-refractivity contribution in [2.24, 2.45) is 0 Å². The van der Waals surface area contributed by atoms with Gasteiger partial charge < -0.3 is 18.9 Å². The van der Waals surface area contributed by atoms with Gasteiger partial charge in [0.25, 0.3) is 0 Å². The van der Waals surface area contributed by atoms with Crippen molar-refractivity contribution in [3.05, 3.63) is 46.0 Å². The normalized spacial score (nSPS) is 21.9. The van der Waals surface area contributed by atoms with Crippen LogP contribution in [0.5, 0.6) is 0 Å². The second kappa shape index (κ2) is 7.37. The summed E-state index contributed by atoms with van der Waals surface area (Å²) in [5, 5.41) is 10.8. The molecule has 0 aliphatic carbocycles. The van der Waals surface area contributed by atoms with Crippen molar-refractivity contribution >= 4 is 11.9 Å². The standard InChI is InChI=1S/C15H17NO8/c1-21-13(17)11-12(14(18)22-2)24-15(23-11,8-9-16(19)20)10-6-4-3-5-7-10/h3-7,11-12H,8-9H2,1-2H3/t11-,12-/m1/s1. The molecule has 2 rings (SSSR count). The summed E-state index contributed by atoms with van der Waals surface area (Å²) in [7, 11) is 2.28. The zero-order valence-corrected chi connectivity index (χ0v) is 13.2. The molecule has 0 N–H and O–H groups in total. The van der Waals surface area contributed by atoms with E-state index < -0.39 is 41.4 Å². The smallest absolute Gasteiger partial charge is 0.338 e. The molecule has 1 aliphatic heterocycles. The minimum absolute atomic E-state index is 0.189. The summed E-state index contributed by atoms with van der Waals surface area (Å²) in [5.41, 5.74) is 0.451. The SMILES string of the molecule is COC(=O)[C@@H]1OC(CC[N+](=O)[O-])(c2ccccc2)O[C@H]1C(=O)OC. The fourth-order valence-electron chi connectivity index (χ4n) is 2.47. The minimum atomic E-state index is -1.62. The molecular weight excluding hydrogens is 322 g/mol. The number of nitrogens with zero attached hydrogens (tertiary/aromatic N) is 1. The van der Waals surface area contributed by atoms with Crippen LogP contribution in [0.1, 0.15) is 12.0 Å². The molecule has 1 saturated heterocycles. The number of esters is 2. The molecular formula is C15H17NO8. The van der Waals surface area contributed by atoms with E-state index in [1.807, 2.05) is 0 Å². The van der Waals surface area contributed by atoms with Crippen LogP contribution in [0.4, 0.5) is 0 Å². The second-order valence-electron chi connectivity index (χ2n) is 5.05. The van der Waals surface area contributed by atoms with Gasteiger partial charge >= 0.3 is 11.9 Å². The first-order valence-electron chi connectivity index (χ1n) is 7.12. The highest BCUT2D eigenvalue weighted by Crippen LogP contribution is 2.41. The minimum Gasteiger partial charge on any atom is -0.467 e. The third-order valence-corrected chi connectivity index (χ3v) is 3.61. The number of carbonyl (C=O) groups is 2. The molecule has 1 aliphatic rings. The van der Waals surface area contributed by atoms with Crippen LogP contribution in [0, 0.1) is 10.1 Å². The predicted octanol–water partition coefficient (Wildman–Crippen LogP) is 0.636. The Balaban J connectivity index is 2.41. The largest absolute Gasteiger partial charge is 0.467 e. The lowest BCUT2D eigenvalue weighted by Gasteiger charge is -2.27. The fraction of sp³-hybridized carbons (Fsp3) is 0.467. The lowest BCUT2D eigenvalue weighted by molar-refractivity contribution is -0.487. The second-order valence-corrected chi connectivity index (χ2v) is 5.05. The van der Waals surface area contributed by atoms with E-state index in [0.717, 1.165) is 14.2 Å². The Morgan fingerprint density at radius 1 is 1.12 bits per heavy atom. The average Bonchev–Trinajstić information content (AvgIpc) is 3.00. The average molecular weight is 339 g/mol. The Morgan fingerprint density at radius 3 is 2.04 bits per heavy atom. The zero-order chi connectivity index (χ0) is 17.7. The first kappa shape index (κ1) is 17.8. The number of rotatable bonds is 6. The van der Waals surface area contributed by atoms with Gasteiger partial charge in [-0.15, -0.1) is 0 Å². The van der Waals surface area contributed by atoms with Gasteiger partial charge in [0.1, 0.15) is 0 Å². The highest BCUT2D eigenvalue weighted by molar-refractivity contribution is 5.86. The molecule has 2 atom stereocenters. The third-order valence-electron chi connectivity index (χ3n) is 3.61. The number of hydrogen-bond donors (Lipinski definition) is 0. The molecule has 130 valence electrons. The van der Waals surface area contributed by atoms with E-state index in [-0.39, 0.29) is 6.42 Å². The summed E-state index contributed by atoms with van der Waals surface area (Å²) in [6, 6.07) is 8.39. The van der Waals surface area contributed by atoms with Crippen LogP contribution in [0.3, 0.4) is 0 Å². The monoisotopic (exact) mass is 339 g/mol. The fourth-order valence-corrected chi connectivity index (χ4v) is 2.47. The van der Waals surface area contributed by atoms with Crippen LogP contribution in [-0.2, 0) is 34.3 Å². The van der Waals surface area contributed by atoms with E-state index in [9.17, 15) is 19.7 Å². The Kier molecular flexibility index (Phi) is 5.47. The number of methoxy groups -OCH3 is 2. The molecule has 1 aromatic carbocycles. The third kappa shape index (κ3) is 3.52. The van der Waals surface area contributed by atoms with Gasteiger partial charge in [0.2, 0.25) is 12.3 Å². The molecule has 24 heavy (non-hydrogen) atoms. The Morgan fingerprint density at radius 2 is 1.62 bits per heavy atom. The van der Waals surface area contributed by atoms with Gasteiger partial charge in [0, 0.05) is 10.5 Å². The first-order chi connectivity index (χ1) is 11.4. The van der Waals surface area contributed by atoms with Crippen LogP contribution in [0.2, 0.25) is 0 Å². The van der Waals surface area contributed by atoms with Crippen LogP contribution in [0.25, 0.3) is 0 Å². The number of carbonyl (C=O) groups excluding carboxylic acids is 2. The van der Waals surface area contributed by atoms with Gasteiger partial charge in [0.05, 0.1) is 20.6 Å². The summed E-state index contributed by atoms with van der Waals surface area (Å²) >= 11 is 0.